The molecule has 2 aromatic carbocycles. The number of carboxylic acids is 1. The number of aliphatic carboxylic acids is 1. The summed E-state index contributed by atoms with van der Waals surface area (Å²) in [6, 6.07) is 10.1. The molecule has 0 radical (unpaired) electrons. The van der Waals surface area contributed by atoms with Gasteiger partial charge >= 0.3 is 5.97 Å². The summed E-state index contributed by atoms with van der Waals surface area (Å²) in [4.78, 5) is 37.1. The van der Waals surface area contributed by atoms with E-state index in [1.165, 1.54) is 42.5 Å². The van der Waals surface area contributed by atoms with Crippen molar-refractivity contribution in [3.05, 3.63) is 76.1 Å². The van der Waals surface area contributed by atoms with Crippen molar-refractivity contribution in [1.82, 2.24) is 4.90 Å². The quantitative estimate of drug-likeness (QED) is 0.453. The zero-order chi connectivity index (χ0) is 20.4. The number of Topliss-reactive ketones (excluding diaryl/α,β-unsaturated/α-hetero) is 1. The van der Waals surface area contributed by atoms with E-state index in [0.717, 1.165) is 11.0 Å². The lowest BCUT2D eigenvalue weighted by Gasteiger charge is -2.24. The fraction of sp³-hybridized carbons (Fsp3) is 0.150. The van der Waals surface area contributed by atoms with E-state index < -0.39 is 41.7 Å². The third-order valence-corrected chi connectivity index (χ3v) is 4.64. The Bertz CT molecular complexity index is 986. The van der Waals surface area contributed by atoms with Crippen molar-refractivity contribution in [3.8, 4) is 0 Å². The Morgan fingerprint density at radius 1 is 1.11 bits per heavy atom. The Balaban J connectivity index is 2.16. The van der Waals surface area contributed by atoms with Gasteiger partial charge in [0.2, 0.25) is 0 Å². The fourth-order valence-electron chi connectivity index (χ4n) is 3.11. The number of carboxylic acid groups (broad SMARTS) is 1. The number of ketones is 1. The minimum atomic E-state index is -1.16. The molecule has 0 aliphatic carbocycles. The number of hydrogen-bond acceptors (Lipinski definition) is 4. The summed E-state index contributed by atoms with van der Waals surface area (Å²) < 4.78 is 13.8. The van der Waals surface area contributed by atoms with Crippen LogP contribution in [0.25, 0.3) is 5.76 Å². The molecule has 1 unspecified atom stereocenters. The van der Waals surface area contributed by atoms with Gasteiger partial charge in [-0.3, -0.25) is 14.4 Å². The van der Waals surface area contributed by atoms with Gasteiger partial charge in [0.05, 0.1) is 18.0 Å². The lowest BCUT2D eigenvalue weighted by Crippen LogP contribution is -2.31. The zero-order valence-corrected chi connectivity index (χ0v) is 15.2. The highest BCUT2D eigenvalue weighted by Crippen LogP contribution is 2.39. The molecule has 1 aliphatic heterocycles. The van der Waals surface area contributed by atoms with Crippen LogP contribution in [0.3, 0.4) is 0 Å². The van der Waals surface area contributed by atoms with Gasteiger partial charge in [0.15, 0.2) is 0 Å². The Morgan fingerprint density at radius 2 is 1.79 bits per heavy atom. The van der Waals surface area contributed by atoms with E-state index in [1.807, 2.05) is 0 Å². The number of likely N-dealkylation sites (tertiary alicyclic amines) is 1. The van der Waals surface area contributed by atoms with Gasteiger partial charge in [0.25, 0.3) is 11.7 Å². The van der Waals surface area contributed by atoms with Gasteiger partial charge in [-0.2, -0.15) is 0 Å². The number of nitrogens with zero attached hydrogens (tertiary/aromatic N) is 1. The van der Waals surface area contributed by atoms with Gasteiger partial charge < -0.3 is 15.1 Å². The van der Waals surface area contributed by atoms with Gasteiger partial charge in [0, 0.05) is 17.1 Å². The summed E-state index contributed by atoms with van der Waals surface area (Å²) in [6.07, 6.45) is -0.403. The van der Waals surface area contributed by atoms with E-state index in [1.54, 1.807) is 0 Å². The van der Waals surface area contributed by atoms with Crippen LogP contribution in [0.2, 0.25) is 5.02 Å². The van der Waals surface area contributed by atoms with Crippen molar-refractivity contribution in [2.24, 2.45) is 0 Å². The van der Waals surface area contributed by atoms with Crippen LogP contribution < -0.4 is 0 Å². The first-order valence-corrected chi connectivity index (χ1v) is 8.69. The molecule has 2 N–H and O–H groups in total. The van der Waals surface area contributed by atoms with E-state index in [0.29, 0.717) is 5.02 Å². The second-order valence-electron chi connectivity index (χ2n) is 6.20. The molecule has 144 valence electrons. The Labute approximate surface area is 164 Å². The summed E-state index contributed by atoms with van der Waals surface area (Å²) in [6.45, 7) is -0.265. The van der Waals surface area contributed by atoms with Crippen LogP contribution in [0.4, 0.5) is 4.39 Å². The van der Waals surface area contributed by atoms with E-state index in [-0.39, 0.29) is 23.2 Å². The van der Waals surface area contributed by atoms with Gasteiger partial charge in [-0.05, 0) is 42.0 Å². The lowest BCUT2D eigenvalue weighted by atomic mass is 9.95. The van der Waals surface area contributed by atoms with E-state index in [9.17, 15) is 23.9 Å². The van der Waals surface area contributed by atoms with E-state index >= 15 is 0 Å². The number of aliphatic hydroxyl groups is 1. The number of carbonyl (C=O) groups excluding carboxylic acids is 2. The molecule has 1 fully saturated rings. The Kier molecular flexibility index (Phi) is 5.46. The monoisotopic (exact) mass is 403 g/mol. The van der Waals surface area contributed by atoms with Crippen LogP contribution in [-0.2, 0) is 14.4 Å². The predicted octanol–water partition coefficient (Wildman–Crippen LogP) is 3.38. The molecule has 0 saturated carbocycles. The van der Waals surface area contributed by atoms with Crippen LogP contribution in [-0.4, -0.2) is 39.3 Å². The second kappa shape index (κ2) is 7.82. The highest BCUT2D eigenvalue weighted by Gasteiger charge is 2.46. The van der Waals surface area contributed by atoms with Crippen LogP contribution >= 0.6 is 11.6 Å². The number of benzene rings is 2. The number of amides is 1. The number of rotatable bonds is 5. The van der Waals surface area contributed by atoms with Gasteiger partial charge in [-0.1, -0.05) is 23.7 Å². The standard InChI is InChI=1S/C20H15ClFNO5/c21-13-6-4-11(5-7-13)18(26)16-17(12-2-1-3-14(22)10-12)23(9-8-15(24)25)20(28)19(16)27/h1-7,10,17,26H,8-9H2,(H,24,25). The van der Waals surface area contributed by atoms with Crippen molar-refractivity contribution >= 4 is 35.0 Å². The maximum atomic E-state index is 13.8. The number of hydrogen-bond donors (Lipinski definition) is 2. The Hall–Kier alpha value is -3.19. The number of aliphatic hydroxyl groups excluding tert-OH is 1. The molecule has 28 heavy (non-hydrogen) atoms. The highest BCUT2D eigenvalue weighted by atomic mass is 35.5. The summed E-state index contributed by atoms with van der Waals surface area (Å²) in [7, 11) is 0. The summed E-state index contributed by atoms with van der Waals surface area (Å²) in [5.41, 5.74) is 0.269. The minimum Gasteiger partial charge on any atom is -0.507 e. The average molecular weight is 404 g/mol. The largest absolute Gasteiger partial charge is 0.507 e. The maximum Gasteiger partial charge on any atom is 0.305 e. The minimum absolute atomic E-state index is 0.233. The molecule has 1 atom stereocenters. The maximum absolute atomic E-state index is 13.8. The molecule has 3 rings (SSSR count). The number of halogens is 2. The molecule has 1 heterocycles. The summed E-state index contributed by atoms with van der Waals surface area (Å²) >= 11 is 5.84. The molecular weight excluding hydrogens is 389 g/mol. The van der Waals surface area contributed by atoms with Crippen molar-refractivity contribution in [3.63, 3.8) is 0 Å². The zero-order valence-electron chi connectivity index (χ0n) is 14.4. The molecule has 8 heteroatoms. The van der Waals surface area contributed by atoms with Crippen LogP contribution in [0.15, 0.2) is 54.1 Å². The summed E-state index contributed by atoms with van der Waals surface area (Å²) in [5, 5.41) is 20.1. The summed E-state index contributed by atoms with van der Waals surface area (Å²) in [5.74, 6) is -4.11. The van der Waals surface area contributed by atoms with Crippen molar-refractivity contribution in [2.75, 3.05) is 6.54 Å². The molecule has 2 aromatic rings. The topological polar surface area (TPSA) is 94.9 Å². The normalized spacial score (nSPS) is 18.5. The van der Waals surface area contributed by atoms with E-state index in [4.69, 9.17) is 16.7 Å². The first kappa shape index (κ1) is 19.6. The smallest absolute Gasteiger partial charge is 0.305 e. The van der Waals surface area contributed by atoms with Crippen LogP contribution in [0.1, 0.15) is 23.6 Å². The Morgan fingerprint density at radius 3 is 2.39 bits per heavy atom. The van der Waals surface area contributed by atoms with Crippen molar-refractivity contribution < 1.29 is 29.0 Å². The molecule has 0 spiro atoms. The van der Waals surface area contributed by atoms with E-state index in [2.05, 4.69) is 0 Å². The first-order valence-electron chi connectivity index (χ1n) is 8.31. The van der Waals surface area contributed by atoms with Crippen molar-refractivity contribution in [2.45, 2.75) is 12.5 Å². The predicted molar refractivity (Wildman–Crippen MR) is 99.1 cm³/mol. The molecule has 0 aromatic heterocycles. The SMILES string of the molecule is O=C(O)CCN1C(=O)C(=O)C(=C(O)c2ccc(Cl)cc2)C1c1cccc(F)c1. The average Bonchev–Trinajstić information content (AvgIpc) is 2.91. The highest BCUT2D eigenvalue weighted by molar-refractivity contribution is 6.46. The third kappa shape index (κ3) is 3.75. The van der Waals surface area contributed by atoms with Crippen LogP contribution in [0, 0.1) is 5.82 Å². The lowest BCUT2D eigenvalue weighted by molar-refractivity contribution is -0.142. The molecule has 1 amide bonds. The van der Waals surface area contributed by atoms with Gasteiger partial charge in [-0.15, -0.1) is 0 Å². The molecular formula is C20H15ClFNO5. The fourth-order valence-corrected chi connectivity index (χ4v) is 3.24. The molecule has 6 nitrogen and oxygen atoms in total. The van der Waals surface area contributed by atoms with Gasteiger partial charge in [-0.25, -0.2) is 4.39 Å². The molecule has 1 saturated heterocycles. The first-order chi connectivity index (χ1) is 13.3. The second-order valence-corrected chi connectivity index (χ2v) is 6.63. The number of carbonyl (C=O) groups is 3. The van der Waals surface area contributed by atoms with Crippen LogP contribution in [0.5, 0.6) is 0 Å². The van der Waals surface area contributed by atoms with Gasteiger partial charge in [0.1, 0.15) is 11.6 Å². The van der Waals surface area contributed by atoms with Crippen molar-refractivity contribution in [1.29, 1.82) is 0 Å². The molecule has 1 aliphatic rings. The molecule has 0 bridgehead atoms. The third-order valence-electron chi connectivity index (χ3n) is 4.39.